The first-order valence-electron chi connectivity index (χ1n) is 9.76. The van der Waals surface area contributed by atoms with Crippen LogP contribution in [0.5, 0.6) is 5.75 Å². The number of fused-ring (bicyclic) bond motifs is 1. The highest BCUT2D eigenvalue weighted by Crippen LogP contribution is 2.23. The van der Waals surface area contributed by atoms with Crippen molar-refractivity contribution in [2.24, 2.45) is 0 Å². The minimum absolute atomic E-state index is 0.00250. The van der Waals surface area contributed by atoms with Crippen LogP contribution in [0.3, 0.4) is 0 Å². The van der Waals surface area contributed by atoms with Gasteiger partial charge in [-0.05, 0) is 55.2 Å². The van der Waals surface area contributed by atoms with Gasteiger partial charge in [0.2, 0.25) is 5.91 Å². The monoisotopic (exact) mass is 418 g/mol. The van der Waals surface area contributed by atoms with Gasteiger partial charge in [0.1, 0.15) is 11.6 Å². The fourth-order valence-electron chi connectivity index (χ4n) is 3.22. The van der Waals surface area contributed by atoms with Crippen LogP contribution >= 0.6 is 11.6 Å². The highest BCUT2D eigenvalue weighted by atomic mass is 35.5. The number of hydrogen-bond acceptors (Lipinski definition) is 3. The molecule has 1 heterocycles. The maximum absolute atomic E-state index is 13.1. The number of nitrogens with one attached hydrogen (secondary N) is 1. The predicted molar refractivity (Wildman–Crippen MR) is 110 cm³/mol. The highest BCUT2D eigenvalue weighted by Gasteiger charge is 2.17. The number of ether oxygens (including phenoxy) is 1. The molecule has 0 aromatic heterocycles. The normalized spacial score (nSPS) is 15.8. The summed E-state index contributed by atoms with van der Waals surface area (Å²) in [5, 5.41) is 3.35. The molecular formula is C22H24ClFN2O3. The maximum Gasteiger partial charge on any atom is 0.255 e. The predicted octanol–water partition coefficient (Wildman–Crippen LogP) is 3.84. The van der Waals surface area contributed by atoms with Gasteiger partial charge < -0.3 is 15.0 Å². The molecule has 2 aromatic carbocycles. The van der Waals surface area contributed by atoms with Crippen molar-refractivity contribution in [1.29, 1.82) is 0 Å². The Labute approximate surface area is 174 Å². The number of carbonyl (C=O) groups excluding carboxylic acids is 2. The third-order valence-corrected chi connectivity index (χ3v) is 5.01. The SMILES string of the molecule is O=C1NCCCCN(C(=O)Cc2ccc(F)cc2)CCCOc2ccc(Cl)cc21. The van der Waals surface area contributed by atoms with E-state index >= 15 is 0 Å². The van der Waals surface area contributed by atoms with Crippen LogP contribution in [0.2, 0.25) is 5.02 Å². The number of halogens is 2. The molecule has 0 atom stereocenters. The van der Waals surface area contributed by atoms with Crippen LogP contribution in [0.15, 0.2) is 42.5 Å². The van der Waals surface area contributed by atoms with Crippen LogP contribution in [-0.4, -0.2) is 43.0 Å². The number of hydrogen-bond donors (Lipinski definition) is 1. The van der Waals surface area contributed by atoms with Crippen LogP contribution in [-0.2, 0) is 11.2 Å². The Bertz CT molecular complexity index is 858. The van der Waals surface area contributed by atoms with Gasteiger partial charge in [-0.2, -0.15) is 0 Å². The zero-order chi connectivity index (χ0) is 20.6. The van der Waals surface area contributed by atoms with Crippen molar-refractivity contribution < 1.29 is 18.7 Å². The summed E-state index contributed by atoms with van der Waals surface area (Å²) in [5.74, 6) is -0.0478. The van der Waals surface area contributed by atoms with Crippen molar-refractivity contribution >= 4 is 23.4 Å². The van der Waals surface area contributed by atoms with Gasteiger partial charge in [0, 0.05) is 24.7 Å². The second-order valence-corrected chi connectivity index (χ2v) is 7.43. The lowest BCUT2D eigenvalue weighted by Gasteiger charge is -2.23. The second-order valence-electron chi connectivity index (χ2n) is 6.99. The summed E-state index contributed by atoms with van der Waals surface area (Å²) in [7, 11) is 0. The second kappa shape index (κ2) is 10.3. The Kier molecular flexibility index (Phi) is 7.47. The van der Waals surface area contributed by atoms with Crippen LogP contribution in [0.1, 0.15) is 35.2 Å². The van der Waals surface area contributed by atoms with Gasteiger partial charge in [0.15, 0.2) is 0 Å². The Morgan fingerprint density at radius 2 is 1.86 bits per heavy atom. The molecule has 2 aromatic rings. The summed E-state index contributed by atoms with van der Waals surface area (Å²) in [4.78, 5) is 27.0. The van der Waals surface area contributed by atoms with Crippen LogP contribution in [0.4, 0.5) is 4.39 Å². The van der Waals surface area contributed by atoms with Crippen LogP contribution in [0.25, 0.3) is 0 Å². The van der Waals surface area contributed by atoms with E-state index in [0.29, 0.717) is 49.0 Å². The van der Waals surface area contributed by atoms with Gasteiger partial charge in [0.25, 0.3) is 5.91 Å². The molecule has 0 bridgehead atoms. The van der Waals surface area contributed by atoms with E-state index in [1.165, 1.54) is 12.1 Å². The van der Waals surface area contributed by atoms with E-state index in [1.54, 1.807) is 30.3 Å². The first kappa shape index (κ1) is 21.1. The third-order valence-electron chi connectivity index (χ3n) is 4.78. The Hall–Kier alpha value is -2.60. The Balaban J connectivity index is 1.65. The summed E-state index contributed by atoms with van der Waals surface area (Å²) < 4.78 is 18.9. The molecule has 0 unspecified atom stereocenters. The number of rotatable bonds is 2. The van der Waals surface area contributed by atoms with Crippen molar-refractivity contribution in [1.82, 2.24) is 10.2 Å². The van der Waals surface area contributed by atoms with E-state index in [2.05, 4.69) is 5.32 Å². The van der Waals surface area contributed by atoms with Gasteiger partial charge in [-0.3, -0.25) is 9.59 Å². The van der Waals surface area contributed by atoms with E-state index in [0.717, 1.165) is 18.4 Å². The molecule has 0 fully saturated rings. The fourth-order valence-corrected chi connectivity index (χ4v) is 3.39. The molecule has 2 amide bonds. The molecule has 1 N–H and O–H groups in total. The third kappa shape index (κ3) is 6.19. The van der Waals surface area contributed by atoms with Gasteiger partial charge in [-0.15, -0.1) is 0 Å². The number of carbonyl (C=O) groups is 2. The van der Waals surface area contributed by atoms with Crippen LogP contribution in [0, 0.1) is 5.82 Å². The summed E-state index contributed by atoms with van der Waals surface area (Å²) in [5.41, 5.74) is 1.20. The highest BCUT2D eigenvalue weighted by molar-refractivity contribution is 6.31. The summed E-state index contributed by atoms with van der Waals surface area (Å²) >= 11 is 6.02. The van der Waals surface area contributed by atoms with Crippen molar-refractivity contribution in [3.8, 4) is 5.75 Å². The molecule has 7 heteroatoms. The van der Waals surface area contributed by atoms with Crippen LogP contribution < -0.4 is 10.1 Å². The standard InChI is InChI=1S/C22H24ClFN2O3/c23-17-6-9-20-19(15-17)22(28)25-10-1-2-11-26(12-3-13-29-20)21(27)14-16-4-7-18(24)8-5-16/h4-9,15H,1-3,10-14H2,(H,25,28). The van der Waals surface area contributed by atoms with E-state index in [9.17, 15) is 14.0 Å². The van der Waals surface area contributed by atoms with Gasteiger partial charge in [0.05, 0.1) is 18.6 Å². The van der Waals surface area contributed by atoms with Crippen molar-refractivity contribution in [3.63, 3.8) is 0 Å². The smallest absolute Gasteiger partial charge is 0.255 e. The van der Waals surface area contributed by atoms with E-state index in [-0.39, 0.29) is 24.1 Å². The molecular weight excluding hydrogens is 395 g/mol. The van der Waals surface area contributed by atoms with E-state index in [4.69, 9.17) is 16.3 Å². The molecule has 29 heavy (non-hydrogen) atoms. The van der Waals surface area contributed by atoms with Crippen molar-refractivity contribution in [3.05, 3.63) is 64.4 Å². The van der Waals surface area contributed by atoms with E-state index in [1.807, 2.05) is 4.90 Å². The number of nitrogens with zero attached hydrogens (tertiary/aromatic N) is 1. The molecule has 154 valence electrons. The topological polar surface area (TPSA) is 58.6 Å². The summed E-state index contributed by atoms with van der Waals surface area (Å²) in [6.45, 7) is 2.05. The summed E-state index contributed by atoms with van der Waals surface area (Å²) in [6, 6.07) is 11.0. The lowest BCUT2D eigenvalue weighted by Crippen LogP contribution is -2.35. The molecule has 1 aliphatic rings. The number of amides is 2. The van der Waals surface area contributed by atoms with E-state index < -0.39 is 0 Å². The fraction of sp³-hybridized carbons (Fsp3) is 0.364. The quantitative estimate of drug-likeness (QED) is 0.806. The first-order valence-corrected chi connectivity index (χ1v) is 10.1. The molecule has 1 aliphatic heterocycles. The van der Waals surface area contributed by atoms with Crippen molar-refractivity contribution in [2.45, 2.75) is 25.7 Å². The Morgan fingerprint density at radius 1 is 1.10 bits per heavy atom. The lowest BCUT2D eigenvalue weighted by molar-refractivity contribution is -0.130. The molecule has 5 nitrogen and oxygen atoms in total. The maximum atomic E-state index is 13.1. The minimum atomic E-state index is -0.315. The van der Waals surface area contributed by atoms with Gasteiger partial charge >= 0.3 is 0 Å². The molecule has 0 spiro atoms. The number of benzene rings is 2. The van der Waals surface area contributed by atoms with Gasteiger partial charge in [-0.1, -0.05) is 23.7 Å². The van der Waals surface area contributed by atoms with Gasteiger partial charge in [-0.25, -0.2) is 4.39 Å². The zero-order valence-electron chi connectivity index (χ0n) is 16.1. The molecule has 3 rings (SSSR count). The average molecular weight is 419 g/mol. The van der Waals surface area contributed by atoms with Crippen molar-refractivity contribution in [2.75, 3.05) is 26.2 Å². The molecule has 0 aliphatic carbocycles. The first-order chi connectivity index (χ1) is 14.0. The minimum Gasteiger partial charge on any atom is -0.493 e. The molecule has 0 saturated carbocycles. The Morgan fingerprint density at radius 3 is 2.66 bits per heavy atom. The largest absolute Gasteiger partial charge is 0.493 e. The molecule has 0 saturated heterocycles. The lowest BCUT2D eigenvalue weighted by atomic mass is 10.1. The molecule has 0 radical (unpaired) electrons. The zero-order valence-corrected chi connectivity index (χ0v) is 16.9. The average Bonchev–Trinajstić information content (AvgIpc) is 2.72. The summed E-state index contributed by atoms with van der Waals surface area (Å²) in [6.07, 6.45) is 2.40.